The first kappa shape index (κ1) is 10.9. The highest BCUT2D eigenvalue weighted by molar-refractivity contribution is 5.80. The van der Waals surface area contributed by atoms with Crippen molar-refractivity contribution in [2.45, 2.75) is 0 Å². The van der Waals surface area contributed by atoms with Crippen molar-refractivity contribution in [1.29, 1.82) is 0 Å². The first-order valence-electron chi connectivity index (χ1n) is 5.12. The number of hydrogen-bond acceptors (Lipinski definition) is 2. The number of rotatable bonds is 3. The molecule has 1 aromatic carbocycles. The van der Waals surface area contributed by atoms with Crippen LogP contribution in [0.15, 0.2) is 58.9 Å². The molecular formula is C12H13N5. The summed E-state index contributed by atoms with van der Waals surface area (Å²) in [7, 11) is 0. The van der Waals surface area contributed by atoms with E-state index in [1.54, 1.807) is 6.21 Å². The molecule has 5 nitrogen and oxygen atoms in total. The summed E-state index contributed by atoms with van der Waals surface area (Å²) >= 11 is 0. The van der Waals surface area contributed by atoms with Crippen LogP contribution in [0.25, 0.3) is 5.69 Å². The van der Waals surface area contributed by atoms with Gasteiger partial charge in [0.1, 0.15) is 0 Å². The summed E-state index contributed by atoms with van der Waals surface area (Å²) in [4.78, 5) is 0. The Kier molecular flexibility index (Phi) is 3.20. The van der Waals surface area contributed by atoms with Crippen LogP contribution in [0.3, 0.4) is 0 Å². The zero-order valence-corrected chi connectivity index (χ0v) is 9.19. The number of benzene rings is 1. The van der Waals surface area contributed by atoms with Crippen LogP contribution in [0, 0.1) is 0 Å². The van der Waals surface area contributed by atoms with Crippen LogP contribution in [0.5, 0.6) is 0 Å². The van der Waals surface area contributed by atoms with Crippen LogP contribution in [0.2, 0.25) is 0 Å². The molecule has 5 heteroatoms. The standard InChI is InChI=1S/C12H13N5/c13-12(14)16-15-9-11-7-4-8-17(11)10-5-2-1-3-6-10/h1-9H,(H4,13,14,16). The number of hydrogen-bond donors (Lipinski definition) is 2. The van der Waals surface area contributed by atoms with E-state index in [2.05, 4.69) is 10.2 Å². The number of para-hydroxylation sites is 1. The van der Waals surface area contributed by atoms with E-state index in [4.69, 9.17) is 11.5 Å². The fourth-order valence-corrected chi connectivity index (χ4v) is 1.48. The molecule has 0 amide bonds. The summed E-state index contributed by atoms with van der Waals surface area (Å²) < 4.78 is 1.99. The van der Waals surface area contributed by atoms with Crippen molar-refractivity contribution >= 4 is 12.2 Å². The molecule has 86 valence electrons. The molecule has 0 saturated heterocycles. The van der Waals surface area contributed by atoms with Gasteiger partial charge in [0.2, 0.25) is 5.96 Å². The lowest BCUT2D eigenvalue weighted by Gasteiger charge is -2.04. The van der Waals surface area contributed by atoms with E-state index in [1.165, 1.54) is 0 Å². The lowest BCUT2D eigenvalue weighted by atomic mass is 10.3. The van der Waals surface area contributed by atoms with Gasteiger partial charge in [0, 0.05) is 11.9 Å². The second-order valence-electron chi connectivity index (χ2n) is 3.41. The summed E-state index contributed by atoms with van der Waals surface area (Å²) in [6.45, 7) is 0. The van der Waals surface area contributed by atoms with E-state index in [1.807, 2.05) is 53.2 Å². The molecule has 0 aliphatic heterocycles. The Morgan fingerprint density at radius 1 is 1.06 bits per heavy atom. The molecule has 0 spiro atoms. The summed E-state index contributed by atoms with van der Waals surface area (Å²) in [6.07, 6.45) is 3.55. The SMILES string of the molecule is NC(N)=NN=Cc1cccn1-c1ccccc1. The minimum Gasteiger partial charge on any atom is -0.369 e. The second kappa shape index (κ2) is 4.98. The topological polar surface area (TPSA) is 81.7 Å². The van der Waals surface area contributed by atoms with Gasteiger partial charge in [-0.1, -0.05) is 18.2 Å². The molecule has 0 saturated carbocycles. The molecule has 0 fully saturated rings. The maximum absolute atomic E-state index is 5.19. The quantitative estimate of drug-likeness (QED) is 0.467. The van der Waals surface area contributed by atoms with E-state index >= 15 is 0 Å². The van der Waals surface area contributed by atoms with Crippen LogP contribution in [0.4, 0.5) is 0 Å². The summed E-state index contributed by atoms with van der Waals surface area (Å²) in [6, 6.07) is 13.8. The van der Waals surface area contributed by atoms with Crippen LogP contribution >= 0.6 is 0 Å². The Balaban J connectivity index is 2.30. The van der Waals surface area contributed by atoms with Crippen molar-refractivity contribution < 1.29 is 0 Å². The summed E-state index contributed by atoms with van der Waals surface area (Å²) in [5, 5.41) is 7.35. The lowest BCUT2D eigenvalue weighted by Crippen LogP contribution is -2.21. The van der Waals surface area contributed by atoms with Crippen LogP contribution in [-0.4, -0.2) is 16.7 Å². The van der Waals surface area contributed by atoms with Crippen molar-refractivity contribution in [3.8, 4) is 5.69 Å². The molecule has 0 radical (unpaired) electrons. The molecule has 2 rings (SSSR count). The van der Waals surface area contributed by atoms with Gasteiger partial charge in [-0.2, -0.15) is 5.10 Å². The first-order valence-corrected chi connectivity index (χ1v) is 5.12. The normalized spacial score (nSPS) is 10.6. The monoisotopic (exact) mass is 227 g/mol. The van der Waals surface area contributed by atoms with Crippen molar-refractivity contribution in [3.63, 3.8) is 0 Å². The smallest absolute Gasteiger partial charge is 0.211 e. The van der Waals surface area contributed by atoms with E-state index in [0.29, 0.717) is 0 Å². The molecular weight excluding hydrogens is 214 g/mol. The van der Waals surface area contributed by atoms with Gasteiger partial charge in [0.15, 0.2) is 0 Å². The molecule has 17 heavy (non-hydrogen) atoms. The van der Waals surface area contributed by atoms with Crippen LogP contribution in [0.1, 0.15) is 5.69 Å². The predicted octanol–water partition coefficient (Wildman–Crippen LogP) is 1.08. The van der Waals surface area contributed by atoms with E-state index in [9.17, 15) is 0 Å². The maximum Gasteiger partial charge on any atom is 0.211 e. The summed E-state index contributed by atoms with van der Waals surface area (Å²) in [5.74, 6) is -0.0564. The van der Waals surface area contributed by atoms with Crippen molar-refractivity contribution in [3.05, 3.63) is 54.4 Å². The van der Waals surface area contributed by atoms with Crippen LogP contribution < -0.4 is 11.5 Å². The maximum atomic E-state index is 5.19. The molecule has 0 atom stereocenters. The zero-order valence-electron chi connectivity index (χ0n) is 9.19. The number of aromatic nitrogens is 1. The molecule has 0 aliphatic carbocycles. The molecule has 0 aliphatic rings. The molecule has 4 N–H and O–H groups in total. The van der Waals surface area contributed by atoms with Crippen molar-refractivity contribution in [1.82, 2.24) is 4.57 Å². The second-order valence-corrected chi connectivity index (χ2v) is 3.41. The van der Waals surface area contributed by atoms with E-state index < -0.39 is 0 Å². The fraction of sp³-hybridized carbons (Fsp3) is 0. The summed E-state index contributed by atoms with van der Waals surface area (Å²) in [5.41, 5.74) is 12.3. The minimum atomic E-state index is -0.0564. The Bertz CT molecular complexity index is 535. The van der Waals surface area contributed by atoms with Gasteiger partial charge in [0.05, 0.1) is 11.9 Å². The van der Waals surface area contributed by atoms with Crippen molar-refractivity contribution in [2.24, 2.45) is 21.7 Å². The van der Waals surface area contributed by atoms with Gasteiger partial charge in [-0.05, 0) is 24.3 Å². The Labute approximate surface area is 99.1 Å². The van der Waals surface area contributed by atoms with Gasteiger partial charge < -0.3 is 16.0 Å². The highest BCUT2D eigenvalue weighted by Gasteiger charge is 1.99. The molecule has 1 heterocycles. The highest BCUT2D eigenvalue weighted by atomic mass is 15.3. The number of nitrogens with zero attached hydrogens (tertiary/aromatic N) is 3. The Hall–Kier alpha value is -2.56. The van der Waals surface area contributed by atoms with Gasteiger partial charge in [-0.25, -0.2) is 0 Å². The fourth-order valence-electron chi connectivity index (χ4n) is 1.48. The van der Waals surface area contributed by atoms with Gasteiger partial charge in [-0.15, -0.1) is 5.10 Å². The van der Waals surface area contributed by atoms with E-state index in [-0.39, 0.29) is 5.96 Å². The Morgan fingerprint density at radius 3 is 2.53 bits per heavy atom. The van der Waals surface area contributed by atoms with Crippen molar-refractivity contribution in [2.75, 3.05) is 0 Å². The Morgan fingerprint density at radius 2 is 1.82 bits per heavy atom. The predicted molar refractivity (Wildman–Crippen MR) is 69.2 cm³/mol. The minimum absolute atomic E-state index is 0.0564. The third-order valence-corrected chi connectivity index (χ3v) is 2.18. The molecule has 1 aromatic heterocycles. The third-order valence-electron chi connectivity index (χ3n) is 2.18. The van der Waals surface area contributed by atoms with Gasteiger partial charge in [-0.3, -0.25) is 0 Å². The number of nitrogens with two attached hydrogens (primary N) is 2. The lowest BCUT2D eigenvalue weighted by molar-refractivity contribution is 1.06. The average Bonchev–Trinajstić information content (AvgIpc) is 2.78. The van der Waals surface area contributed by atoms with Gasteiger partial charge in [0.25, 0.3) is 0 Å². The van der Waals surface area contributed by atoms with Crippen LogP contribution in [-0.2, 0) is 0 Å². The third kappa shape index (κ3) is 2.72. The first-order chi connectivity index (χ1) is 8.27. The van der Waals surface area contributed by atoms with Gasteiger partial charge >= 0.3 is 0 Å². The van der Waals surface area contributed by atoms with E-state index in [0.717, 1.165) is 11.4 Å². The largest absolute Gasteiger partial charge is 0.369 e. The highest BCUT2D eigenvalue weighted by Crippen LogP contribution is 2.10. The number of guanidine groups is 1. The zero-order chi connectivity index (χ0) is 12.1. The average molecular weight is 227 g/mol. The molecule has 2 aromatic rings. The molecule has 0 unspecified atom stereocenters. The molecule has 0 bridgehead atoms.